The van der Waals surface area contributed by atoms with Gasteiger partial charge in [0.15, 0.2) is 0 Å². The van der Waals surface area contributed by atoms with Gasteiger partial charge in [0.25, 0.3) is 0 Å². The maximum atomic E-state index is 12.2. The fourth-order valence-corrected chi connectivity index (χ4v) is 2.80. The maximum Gasteiger partial charge on any atom is 0.343 e. The van der Waals surface area contributed by atoms with Crippen LogP contribution >= 0.6 is 0 Å². The molecule has 7 nitrogen and oxygen atoms in total. The van der Waals surface area contributed by atoms with E-state index in [-0.39, 0.29) is 17.1 Å². The topological polar surface area (TPSA) is 109 Å². The molecule has 0 aliphatic carbocycles. The summed E-state index contributed by atoms with van der Waals surface area (Å²) in [7, 11) is 0. The SMILES string of the molecule is Cc1cc(O)c([C@H](C[N+](=O)[O-])c2c[nH]c3ccccc23)c(=O)o1. The highest BCUT2D eigenvalue weighted by molar-refractivity contribution is 5.84. The van der Waals surface area contributed by atoms with E-state index in [9.17, 15) is 20.0 Å². The molecule has 1 aromatic carbocycles. The number of fused-ring (bicyclic) bond motifs is 1. The molecule has 2 aromatic heterocycles. The zero-order valence-corrected chi connectivity index (χ0v) is 12.3. The van der Waals surface area contributed by atoms with Crippen LogP contribution in [0.1, 0.15) is 22.8 Å². The number of aromatic hydroxyl groups is 1. The minimum Gasteiger partial charge on any atom is -0.507 e. The predicted octanol–water partition coefficient (Wildman–Crippen LogP) is 2.54. The number of nitrogens with one attached hydrogen (secondary N) is 1. The average Bonchev–Trinajstić information content (AvgIpc) is 2.88. The van der Waals surface area contributed by atoms with Crippen molar-refractivity contribution in [2.75, 3.05) is 6.54 Å². The van der Waals surface area contributed by atoms with Crippen molar-refractivity contribution in [3.63, 3.8) is 0 Å². The van der Waals surface area contributed by atoms with Gasteiger partial charge in [0.2, 0.25) is 6.54 Å². The molecule has 2 N–H and O–H groups in total. The third kappa shape index (κ3) is 2.68. The highest BCUT2D eigenvalue weighted by Gasteiger charge is 2.29. The second-order valence-electron chi connectivity index (χ2n) is 5.30. The molecule has 3 rings (SSSR count). The quantitative estimate of drug-likeness (QED) is 0.568. The molecule has 0 aliphatic heterocycles. The van der Waals surface area contributed by atoms with E-state index < -0.39 is 23.0 Å². The summed E-state index contributed by atoms with van der Waals surface area (Å²) in [6.45, 7) is 1.00. The van der Waals surface area contributed by atoms with E-state index in [1.165, 1.54) is 13.0 Å². The van der Waals surface area contributed by atoms with Crippen LogP contribution in [0.2, 0.25) is 0 Å². The molecule has 0 radical (unpaired) electrons. The smallest absolute Gasteiger partial charge is 0.343 e. The lowest BCUT2D eigenvalue weighted by molar-refractivity contribution is -0.481. The molecule has 0 aliphatic rings. The average molecular weight is 314 g/mol. The van der Waals surface area contributed by atoms with Crippen molar-refractivity contribution in [3.8, 4) is 5.75 Å². The third-order valence-electron chi connectivity index (χ3n) is 3.77. The van der Waals surface area contributed by atoms with Gasteiger partial charge in [-0.15, -0.1) is 0 Å². The van der Waals surface area contributed by atoms with Crippen molar-refractivity contribution < 1.29 is 14.4 Å². The van der Waals surface area contributed by atoms with Gasteiger partial charge in [0.1, 0.15) is 11.5 Å². The van der Waals surface area contributed by atoms with E-state index in [1.54, 1.807) is 18.3 Å². The normalized spacial score (nSPS) is 12.4. The molecule has 7 heteroatoms. The zero-order valence-electron chi connectivity index (χ0n) is 12.3. The lowest BCUT2D eigenvalue weighted by atomic mass is 9.91. The minimum atomic E-state index is -0.905. The first-order chi connectivity index (χ1) is 11.0. The van der Waals surface area contributed by atoms with Gasteiger partial charge in [-0.3, -0.25) is 10.1 Å². The van der Waals surface area contributed by atoms with Crippen LogP contribution in [0.25, 0.3) is 10.9 Å². The summed E-state index contributed by atoms with van der Waals surface area (Å²) in [5, 5.41) is 22.0. The number of nitro groups is 1. The summed E-state index contributed by atoms with van der Waals surface area (Å²) in [5.41, 5.74) is 0.507. The number of H-pyrrole nitrogens is 1. The number of benzene rings is 1. The van der Waals surface area contributed by atoms with Crippen molar-refractivity contribution in [1.29, 1.82) is 0 Å². The van der Waals surface area contributed by atoms with Crippen LogP contribution < -0.4 is 5.63 Å². The van der Waals surface area contributed by atoms with Crippen LogP contribution in [0.15, 0.2) is 45.7 Å². The molecule has 0 fully saturated rings. The number of aromatic nitrogens is 1. The second kappa shape index (κ2) is 5.60. The summed E-state index contributed by atoms with van der Waals surface area (Å²) in [6, 6.07) is 8.57. The first kappa shape index (κ1) is 14.8. The maximum absolute atomic E-state index is 12.2. The Balaban J connectivity index is 2.24. The van der Waals surface area contributed by atoms with Gasteiger partial charge >= 0.3 is 5.63 Å². The Hall–Kier alpha value is -3.09. The monoisotopic (exact) mass is 314 g/mol. The van der Waals surface area contributed by atoms with Crippen LogP contribution in [0, 0.1) is 17.0 Å². The van der Waals surface area contributed by atoms with Crippen molar-refractivity contribution >= 4 is 10.9 Å². The molecule has 118 valence electrons. The van der Waals surface area contributed by atoms with E-state index in [0.717, 1.165) is 10.9 Å². The van der Waals surface area contributed by atoms with Crippen LogP contribution in [0.3, 0.4) is 0 Å². The Morgan fingerprint density at radius 2 is 2.13 bits per heavy atom. The Morgan fingerprint density at radius 3 is 2.83 bits per heavy atom. The standard InChI is InChI=1S/C16H14N2O5/c1-9-6-14(19)15(16(20)23-9)12(8-18(21)22)11-7-17-13-5-3-2-4-10(11)13/h2-7,12,17,19H,8H2,1H3/t12-/m1/s1. The van der Waals surface area contributed by atoms with Crippen LogP contribution in [-0.2, 0) is 0 Å². The van der Waals surface area contributed by atoms with E-state index in [4.69, 9.17) is 4.42 Å². The fourth-order valence-electron chi connectivity index (χ4n) is 2.80. The van der Waals surface area contributed by atoms with Gasteiger partial charge in [-0.05, 0) is 18.6 Å². The number of para-hydroxylation sites is 1. The largest absolute Gasteiger partial charge is 0.507 e. The Bertz CT molecular complexity index is 941. The number of aromatic amines is 1. The van der Waals surface area contributed by atoms with Gasteiger partial charge in [0, 0.05) is 28.1 Å². The first-order valence-corrected chi connectivity index (χ1v) is 6.99. The Kier molecular flexibility index (Phi) is 3.61. The number of hydrogen-bond acceptors (Lipinski definition) is 5. The molecule has 0 spiro atoms. The highest BCUT2D eigenvalue weighted by Crippen LogP contribution is 2.33. The van der Waals surface area contributed by atoms with E-state index in [1.807, 2.05) is 12.1 Å². The summed E-state index contributed by atoms with van der Waals surface area (Å²) < 4.78 is 5.01. The Labute approximate surface area is 130 Å². The lowest BCUT2D eigenvalue weighted by Gasteiger charge is -2.13. The third-order valence-corrected chi connectivity index (χ3v) is 3.77. The van der Waals surface area contributed by atoms with Crippen LogP contribution in [0.5, 0.6) is 5.75 Å². The van der Waals surface area contributed by atoms with Crippen LogP contribution in [0.4, 0.5) is 0 Å². The molecule has 0 bridgehead atoms. The fraction of sp³-hybridized carbons (Fsp3) is 0.188. The van der Waals surface area contributed by atoms with Crippen molar-refractivity contribution in [3.05, 3.63) is 74.0 Å². The molecule has 0 saturated carbocycles. The second-order valence-corrected chi connectivity index (χ2v) is 5.30. The molecule has 0 saturated heterocycles. The summed E-state index contributed by atoms with van der Waals surface area (Å²) in [5.74, 6) is -0.955. The summed E-state index contributed by atoms with van der Waals surface area (Å²) >= 11 is 0. The molecular formula is C16H14N2O5. The van der Waals surface area contributed by atoms with Gasteiger partial charge in [0.05, 0.1) is 11.5 Å². The van der Waals surface area contributed by atoms with E-state index in [2.05, 4.69) is 4.98 Å². The molecule has 23 heavy (non-hydrogen) atoms. The zero-order chi connectivity index (χ0) is 16.6. The predicted molar refractivity (Wildman–Crippen MR) is 83.4 cm³/mol. The van der Waals surface area contributed by atoms with E-state index in [0.29, 0.717) is 5.56 Å². The van der Waals surface area contributed by atoms with Gasteiger partial charge in [-0.25, -0.2) is 4.79 Å². The molecule has 0 unspecified atom stereocenters. The van der Waals surface area contributed by atoms with Gasteiger partial charge < -0.3 is 14.5 Å². The van der Waals surface area contributed by atoms with Crippen molar-refractivity contribution in [2.45, 2.75) is 12.8 Å². The lowest BCUT2D eigenvalue weighted by Crippen LogP contribution is -2.21. The van der Waals surface area contributed by atoms with Crippen LogP contribution in [-0.4, -0.2) is 21.6 Å². The van der Waals surface area contributed by atoms with Gasteiger partial charge in [-0.1, -0.05) is 18.2 Å². The molecule has 1 atom stereocenters. The molecule has 3 aromatic rings. The van der Waals surface area contributed by atoms with Crippen molar-refractivity contribution in [2.24, 2.45) is 0 Å². The number of hydrogen-bond donors (Lipinski definition) is 2. The highest BCUT2D eigenvalue weighted by atomic mass is 16.6. The molecule has 2 heterocycles. The molecular weight excluding hydrogens is 300 g/mol. The molecule has 0 amide bonds. The van der Waals surface area contributed by atoms with E-state index >= 15 is 0 Å². The first-order valence-electron chi connectivity index (χ1n) is 6.99. The summed E-state index contributed by atoms with van der Waals surface area (Å²) in [4.78, 5) is 25.8. The number of nitrogens with zero attached hydrogens (tertiary/aromatic N) is 1. The van der Waals surface area contributed by atoms with Crippen molar-refractivity contribution in [1.82, 2.24) is 4.98 Å². The number of rotatable bonds is 4. The summed E-state index contributed by atoms with van der Waals surface area (Å²) in [6.07, 6.45) is 1.62. The van der Waals surface area contributed by atoms with Gasteiger partial charge in [-0.2, -0.15) is 0 Å². The minimum absolute atomic E-state index is 0.1000. The Morgan fingerprint density at radius 1 is 1.39 bits per heavy atom. The number of aryl methyl sites for hydroxylation is 1.